The van der Waals surface area contributed by atoms with Crippen LogP contribution in [0.25, 0.3) is 0 Å². The number of carbonyl (C=O) groups excluding carboxylic acids is 1. The van der Waals surface area contributed by atoms with Gasteiger partial charge in [-0.1, -0.05) is 48.4 Å². The molecule has 2 aromatic carbocycles. The van der Waals surface area contributed by atoms with Crippen molar-refractivity contribution in [1.82, 2.24) is 9.91 Å². The zero-order valence-corrected chi connectivity index (χ0v) is 16.3. The Balaban J connectivity index is 1.60. The molecule has 0 saturated carbocycles. The molecule has 0 spiro atoms. The number of piperidine rings is 1. The van der Waals surface area contributed by atoms with Crippen LogP contribution in [0, 0.1) is 12.7 Å². The van der Waals surface area contributed by atoms with E-state index in [9.17, 15) is 9.18 Å². The van der Waals surface area contributed by atoms with Crippen molar-refractivity contribution in [3.63, 3.8) is 0 Å². The second-order valence-electron chi connectivity index (χ2n) is 7.76. The highest BCUT2D eigenvalue weighted by Gasteiger charge is 2.33. The molecule has 1 atom stereocenters. The van der Waals surface area contributed by atoms with Crippen molar-refractivity contribution in [2.24, 2.45) is 5.10 Å². The average Bonchev–Trinajstić information content (AvgIpc) is 3.15. The predicted octanol–water partition coefficient (Wildman–Crippen LogP) is 4.30. The van der Waals surface area contributed by atoms with E-state index in [-0.39, 0.29) is 17.8 Å². The van der Waals surface area contributed by atoms with Crippen molar-refractivity contribution < 1.29 is 9.18 Å². The van der Waals surface area contributed by atoms with Crippen LogP contribution in [-0.4, -0.2) is 41.2 Å². The molecule has 1 saturated heterocycles. The fourth-order valence-corrected chi connectivity index (χ4v) is 4.01. The Morgan fingerprint density at radius 1 is 1.11 bits per heavy atom. The van der Waals surface area contributed by atoms with E-state index in [1.165, 1.54) is 24.1 Å². The summed E-state index contributed by atoms with van der Waals surface area (Å²) in [6, 6.07) is 14.6. The molecular weight excluding hydrogens is 353 g/mol. The largest absolute Gasteiger partial charge is 0.294 e. The number of rotatable bonds is 4. The van der Waals surface area contributed by atoms with Crippen LogP contribution in [0.1, 0.15) is 48.4 Å². The number of benzene rings is 2. The summed E-state index contributed by atoms with van der Waals surface area (Å²) >= 11 is 0. The van der Waals surface area contributed by atoms with Gasteiger partial charge in [-0.05, 0) is 50.6 Å². The molecule has 0 unspecified atom stereocenters. The number of hydrogen-bond donors (Lipinski definition) is 0. The fourth-order valence-electron chi connectivity index (χ4n) is 4.01. The van der Waals surface area contributed by atoms with E-state index in [0.29, 0.717) is 13.0 Å². The topological polar surface area (TPSA) is 35.9 Å². The first kappa shape index (κ1) is 18.8. The molecule has 146 valence electrons. The third-order valence-electron chi connectivity index (χ3n) is 5.59. The van der Waals surface area contributed by atoms with Crippen molar-refractivity contribution in [2.45, 2.75) is 38.6 Å². The van der Waals surface area contributed by atoms with Gasteiger partial charge in [0.25, 0.3) is 5.91 Å². The molecular formula is C23H26FN3O. The Labute approximate surface area is 165 Å². The van der Waals surface area contributed by atoms with Gasteiger partial charge in [-0.3, -0.25) is 9.69 Å². The molecule has 1 fully saturated rings. The van der Waals surface area contributed by atoms with Crippen molar-refractivity contribution >= 4 is 11.6 Å². The molecule has 2 aliphatic rings. The minimum atomic E-state index is -0.287. The van der Waals surface area contributed by atoms with Gasteiger partial charge in [0.05, 0.1) is 18.3 Å². The van der Waals surface area contributed by atoms with Crippen LogP contribution < -0.4 is 0 Å². The lowest BCUT2D eigenvalue weighted by Gasteiger charge is -2.29. The minimum Gasteiger partial charge on any atom is -0.294 e. The number of carbonyl (C=O) groups is 1. The average molecular weight is 379 g/mol. The van der Waals surface area contributed by atoms with Crippen LogP contribution in [0.4, 0.5) is 4.39 Å². The first-order valence-electron chi connectivity index (χ1n) is 10.0. The highest BCUT2D eigenvalue weighted by molar-refractivity contribution is 6.03. The molecule has 5 heteroatoms. The molecule has 4 nitrogen and oxygen atoms in total. The molecule has 0 radical (unpaired) electrons. The van der Waals surface area contributed by atoms with E-state index >= 15 is 0 Å². The van der Waals surface area contributed by atoms with Crippen LogP contribution in [0.15, 0.2) is 53.6 Å². The van der Waals surface area contributed by atoms with Gasteiger partial charge < -0.3 is 0 Å². The van der Waals surface area contributed by atoms with Gasteiger partial charge in [0.15, 0.2) is 0 Å². The monoisotopic (exact) mass is 379 g/mol. The maximum Gasteiger partial charge on any atom is 0.257 e. The number of hydrazone groups is 1. The summed E-state index contributed by atoms with van der Waals surface area (Å²) in [5, 5.41) is 6.28. The summed E-state index contributed by atoms with van der Waals surface area (Å²) in [6.45, 7) is 4.37. The highest BCUT2D eigenvalue weighted by Crippen LogP contribution is 2.33. The van der Waals surface area contributed by atoms with Crippen molar-refractivity contribution in [1.29, 1.82) is 0 Å². The maximum atomic E-state index is 13.7. The van der Waals surface area contributed by atoms with Crippen molar-refractivity contribution in [3.8, 4) is 0 Å². The quantitative estimate of drug-likeness (QED) is 0.794. The Hall–Kier alpha value is -2.53. The minimum absolute atomic E-state index is 0.0129. The second kappa shape index (κ2) is 8.23. The molecule has 0 bridgehead atoms. The lowest BCUT2D eigenvalue weighted by molar-refractivity contribution is -0.134. The molecule has 4 rings (SSSR count). The van der Waals surface area contributed by atoms with E-state index in [4.69, 9.17) is 0 Å². The highest BCUT2D eigenvalue weighted by atomic mass is 19.1. The third-order valence-corrected chi connectivity index (χ3v) is 5.59. The molecule has 28 heavy (non-hydrogen) atoms. The van der Waals surface area contributed by atoms with Crippen LogP contribution in [0.5, 0.6) is 0 Å². The lowest BCUT2D eigenvalue weighted by Crippen LogP contribution is -2.40. The summed E-state index contributed by atoms with van der Waals surface area (Å²) in [5.74, 6) is -0.274. The first-order chi connectivity index (χ1) is 13.6. The van der Waals surface area contributed by atoms with Crippen LogP contribution in [0.2, 0.25) is 0 Å². The summed E-state index contributed by atoms with van der Waals surface area (Å²) in [6.07, 6.45) is 4.12. The summed E-state index contributed by atoms with van der Waals surface area (Å²) in [5.41, 5.74) is 3.74. The van der Waals surface area contributed by atoms with Gasteiger partial charge in [-0.2, -0.15) is 5.10 Å². The van der Waals surface area contributed by atoms with Crippen molar-refractivity contribution in [3.05, 3.63) is 71.0 Å². The summed E-state index contributed by atoms with van der Waals surface area (Å²) < 4.78 is 13.7. The Kier molecular flexibility index (Phi) is 5.53. The summed E-state index contributed by atoms with van der Waals surface area (Å²) in [7, 11) is 0. The number of likely N-dealkylation sites (tertiary alicyclic amines) is 1. The Morgan fingerprint density at radius 3 is 2.57 bits per heavy atom. The second-order valence-corrected chi connectivity index (χ2v) is 7.76. The standard InChI is InChI=1S/C23H26FN3O/c1-17-8-10-18(11-9-17)22-15-21(19-6-5-7-20(24)14-19)25-27(22)23(28)16-26-12-3-2-4-13-26/h5-11,14,22H,2-4,12-13,15-16H2,1H3/t22-/m0/s1. The number of aryl methyl sites for hydroxylation is 1. The smallest absolute Gasteiger partial charge is 0.257 e. The number of amides is 1. The predicted molar refractivity (Wildman–Crippen MR) is 109 cm³/mol. The Bertz CT molecular complexity index is 872. The number of halogens is 1. The fraction of sp³-hybridized carbons (Fsp3) is 0.391. The molecule has 2 aliphatic heterocycles. The van der Waals surface area contributed by atoms with Gasteiger partial charge in [0.2, 0.25) is 0 Å². The number of nitrogens with zero attached hydrogens (tertiary/aromatic N) is 3. The maximum absolute atomic E-state index is 13.7. The first-order valence-corrected chi connectivity index (χ1v) is 10.0. The molecule has 2 aromatic rings. The number of hydrogen-bond acceptors (Lipinski definition) is 3. The van der Waals surface area contributed by atoms with E-state index in [0.717, 1.165) is 42.8 Å². The zero-order chi connectivity index (χ0) is 19.5. The zero-order valence-electron chi connectivity index (χ0n) is 16.3. The summed E-state index contributed by atoms with van der Waals surface area (Å²) in [4.78, 5) is 15.3. The van der Waals surface area contributed by atoms with Gasteiger partial charge in [0, 0.05) is 12.0 Å². The van der Waals surface area contributed by atoms with Crippen LogP contribution >= 0.6 is 0 Å². The van der Waals surface area contributed by atoms with Gasteiger partial charge in [0.1, 0.15) is 5.82 Å². The van der Waals surface area contributed by atoms with Crippen molar-refractivity contribution in [2.75, 3.05) is 19.6 Å². The van der Waals surface area contributed by atoms with Crippen LogP contribution in [-0.2, 0) is 4.79 Å². The normalized spacial score (nSPS) is 20.3. The van der Waals surface area contributed by atoms with E-state index in [2.05, 4.69) is 34.3 Å². The molecule has 0 N–H and O–H groups in total. The van der Waals surface area contributed by atoms with E-state index in [1.807, 2.05) is 13.0 Å². The van der Waals surface area contributed by atoms with Gasteiger partial charge >= 0.3 is 0 Å². The molecule has 2 heterocycles. The van der Waals surface area contributed by atoms with Gasteiger partial charge in [-0.25, -0.2) is 9.40 Å². The van der Waals surface area contributed by atoms with E-state index < -0.39 is 0 Å². The third kappa shape index (κ3) is 4.14. The molecule has 0 aromatic heterocycles. The van der Waals surface area contributed by atoms with Crippen LogP contribution in [0.3, 0.4) is 0 Å². The van der Waals surface area contributed by atoms with E-state index in [1.54, 1.807) is 11.1 Å². The molecule has 0 aliphatic carbocycles. The van der Waals surface area contributed by atoms with Gasteiger partial charge in [-0.15, -0.1) is 0 Å². The SMILES string of the molecule is Cc1ccc([C@@H]2CC(c3cccc(F)c3)=NN2C(=O)CN2CCCCC2)cc1. The lowest BCUT2D eigenvalue weighted by atomic mass is 9.97. The Morgan fingerprint density at radius 2 is 1.86 bits per heavy atom. The molecule has 1 amide bonds.